The number of nitrogens with one attached hydrogen (secondary N) is 1. The Kier molecular flexibility index (Phi) is 6.48. The zero-order chi connectivity index (χ0) is 15.3. The number of carbonyl (C=O) groups excluding carboxylic acids is 1. The quantitative estimate of drug-likeness (QED) is 0.734. The second-order valence-corrected chi connectivity index (χ2v) is 7.70. The molecule has 2 atom stereocenters. The number of nitrogens with zero attached hydrogens (tertiary/aromatic N) is 1. The van der Waals surface area contributed by atoms with Crippen molar-refractivity contribution in [3.8, 4) is 0 Å². The van der Waals surface area contributed by atoms with E-state index in [1.54, 1.807) is 18.0 Å². The number of rotatable bonds is 7. The number of hydrogen-bond acceptors (Lipinski definition) is 4. The average molecular weight is 360 g/mol. The third-order valence-corrected chi connectivity index (χ3v) is 4.90. The summed E-state index contributed by atoms with van der Waals surface area (Å²) in [6.07, 6.45) is 2.41. The van der Waals surface area contributed by atoms with Crippen molar-refractivity contribution < 1.29 is 4.79 Å². The van der Waals surface area contributed by atoms with Gasteiger partial charge in [0.25, 0.3) is 0 Å². The number of nitrogens with two attached hydrogens (primary N) is 1. The molecule has 0 fully saturated rings. The number of hydrogen-bond donors (Lipinski definition) is 2. The molecule has 3 N–H and O–H groups in total. The summed E-state index contributed by atoms with van der Waals surface area (Å²) >= 11 is 5.12. The number of thioether (sulfide) groups is 1. The molecule has 0 aromatic carbocycles. The molecule has 0 bridgehead atoms. The van der Waals surface area contributed by atoms with E-state index in [0.29, 0.717) is 6.42 Å². The fourth-order valence-corrected chi connectivity index (χ4v) is 3.77. The third kappa shape index (κ3) is 5.07. The van der Waals surface area contributed by atoms with Crippen LogP contribution in [0.15, 0.2) is 27.8 Å². The molecule has 1 heterocycles. The fourth-order valence-electron chi connectivity index (χ4n) is 2.13. The van der Waals surface area contributed by atoms with Crippen LogP contribution in [0.4, 0.5) is 0 Å². The van der Waals surface area contributed by atoms with Gasteiger partial charge < -0.3 is 11.1 Å². The average Bonchev–Trinajstić information content (AvgIpc) is 2.30. The molecule has 2 unspecified atom stereocenters. The van der Waals surface area contributed by atoms with E-state index in [-0.39, 0.29) is 17.2 Å². The van der Waals surface area contributed by atoms with E-state index < -0.39 is 5.54 Å². The minimum absolute atomic E-state index is 0.200. The van der Waals surface area contributed by atoms with Crippen LogP contribution in [0.5, 0.6) is 0 Å². The highest BCUT2D eigenvalue weighted by Gasteiger charge is 2.33. The van der Waals surface area contributed by atoms with Crippen LogP contribution in [0.3, 0.4) is 0 Å². The molecule has 112 valence electrons. The highest BCUT2D eigenvalue weighted by molar-refractivity contribution is 9.10. The summed E-state index contributed by atoms with van der Waals surface area (Å²) < 4.78 is 0.967. The number of primary amides is 1. The first kappa shape index (κ1) is 17.5. The minimum atomic E-state index is -0.707. The van der Waals surface area contributed by atoms with Crippen LogP contribution < -0.4 is 11.1 Å². The molecule has 0 radical (unpaired) electrons. The van der Waals surface area contributed by atoms with E-state index >= 15 is 0 Å². The molecule has 0 spiro atoms. The Labute approximate surface area is 133 Å². The summed E-state index contributed by atoms with van der Waals surface area (Å²) in [5.41, 5.74) is 4.85. The Balaban J connectivity index is 2.74. The van der Waals surface area contributed by atoms with E-state index in [9.17, 15) is 4.79 Å². The van der Waals surface area contributed by atoms with Gasteiger partial charge in [0.05, 0.1) is 5.54 Å². The van der Waals surface area contributed by atoms with Gasteiger partial charge in [-0.3, -0.25) is 4.79 Å². The standard InChI is InChI=1S/C14H22BrN3OS/c1-9(2)18-14(4,13(16)19)8-10(3)20-12-11(15)6-5-7-17-12/h5-7,9-10,18H,8H2,1-4H3,(H2,16,19). The number of halogens is 1. The van der Waals surface area contributed by atoms with Gasteiger partial charge in [0.2, 0.25) is 5.91 Å². The lowest BCUT2D eigenvalue weighted by molar-refractivity contribution is -0.124. The minimum Gasteiger partial charge on any atom is -0.368 e. The van der Waals surface area contributed by atoms with Gasteiger partial charge >= 0.3 is 0 Å². The Morgan fingerprint density at radius 2 is 2.20 bits per heavy atom. The summed E-state index contributed by atoms with van der Waals surface area (Å²) in [6, 6.07) is 4.04. The van der Waals surface area contributed by atoms with Crippen LogP contribution >= 0.6 is 27.7 Å². The van der Waals surface area contributed by atoms with Gasteiger partial charge in [-0.1, -0.05) is 6.92 Å². The Bertz CT molecular complexity index is 469. The largest absolute Gasteiger partial charge is 0.368 e. The Hall–Kier alpha value is -0.590. The van der Waals surface area contributed by atoms with Gasteiger partial charge in [-0.05, 0) is 55.3 Å². The Morgan fingerprint density at radius 3 is 2.70 bits per heavy atom. The predicted octanol–water partition coefficient (Wildman–Crippen LogP) is 2.96. The molecule has 0 aliphatic heterocycles. The fraction of sp³-hybridized carbons (Fsp3) is 0.571. The molecule has 0 saturated carbocycles. The van der Waals surface area contributed by atoms with Crippen LogP contribution in [-0.2, 0) is 4.79 Å². The van der Waals surface area contributed by atoms with Gasteiger partial charge in [0.15, 0.2) is 0 Å². The van der Waals surface area contributed by atoms with E-state index in [0.717, 1.165) is 9.50 Å². The Morgan fingerprint density at radius 1 is 1.55 bits per heavy atom. The first-order valence-electron chi connectivity index (χ1n) is 6.59. The summed E-state index contributed by atoms with van der Waals surface area (Å²) in [4.78, 5) is 16.1. The summed E-state index contributed by atoms with van der Waals surface area (Å²) in [7, 11) is 0. The summed E-state index contributed by atoms with van der Waals surface area (Å²) in [5, 5.41) is 4.41. The molecule has 1 aromatic heterocycles. The molecule has 0 saturated heterocycles. The van der Waals surface area contributed by atoms with Gasteiger partial charge in [0.1, 0.15) is 5.03 Å². The molecule has 20 heavy (non-hydrogen) atoms. The van der Waals surface area contributed by atoms with Crippen molar-refractivity contribution in [1.29, 1.82) is 0 Å². The van der Waals surface area contributed by atoms with Crippen molar-refractivity contribution in [2.75, 3.05) is 0 Å². The number of carbonyl (C=O) groups is 1. The normalized spacial score (nSPS) is 15.9. The van der Waals surface area contributed by atoms with Crippen LogP contribution in [0.1, 0.15) is 34.1 Å². The van der Waals surface area contributed by atoms with Gasteiger partial charge in [-0.25, -0.2) is 4.98 Å². The molecule has 1 amide bonds. The molecule has 6 heteroatoms. The molecule has 1 aromatic rings. The smallest absolute Gasteiger partial charge is 0.237 e. The van der Waals surface area contributed by atoms with Crippen LogP contribution in [0.25, 0.3) is 0 Å². The molecular formula is C14H22BrN3OS. The van der Waals surface area contributed by atoms with Crippen molar-refractivity contribution in [1.82, 2.24) is 10.3 Å². The predicted molar refractivity (Wildman–Crippen MR) is 87.7 cm³/mol. The molecule has 1 rings (SSSR count). The van der Waals surface area contributed by atoms with Crippen molar-refractivity contribution in [2.45, 2.75) is 56.0 Å². The summed E-state index contributed by atoms with van der Waals surface area (Å²) in [5.74, 6) is -0.321. The van der Waals surface area contributed by atoms with Gasteiger partial charge in [0, 0.05) is 22.0 Å². The maximum atomic E-state index is 11.7. The first-order valence-corrected chi connectivity index (χ1v) is 8.26. The maximum Gasteiger partial charge on any atom is 0.237 e. The van der Waals surface area contributed by atoms with Gasteiger partial charge in [-0.15, -0.1) is 11.8 Å². The van der Waals surface area contributed by atoms with Crippen LogP contribution in [0, 0.1) is 0 Å². The van der Waals surface area contributed by atoms with E-state index in [4.69, 9.17) is 5.73 Å². The van der Waals surface area contributed by atoms with E-state index in [1.807, 2.05) is 32.9 Å². The van der Waals surface area contributed by atoms with E-state index in [1.165, 1.54) is 0 Å². The second kappa shape index (κ2) is 7.43. The van der Waals surface area contributed by atoms with Gasteiger partial charge in [-0.2, -0.15) is 0 Å². The van der Waals surface area contributed by atoms with Crippen LogP contribution in [0.2, 0.25) is 0 Å². The lowest BCUT2D eigenvalue weighted by Gasteiger charge is -2.32. The molecular weight excluding hydrogens is 338 g/mol. The second-order valence-electron chi connectivity index (χ2n) is 5.42. The lowest BCUT2D eigenvalue weighted by atomic mass is 9.94. The molecule has 0 aliphatic carbocycles. The van der Waals surface area contributed by atoms with Crippen LogP contribution in [-0.4, -0.2) is 27.7 Å². The SMILES string of the molecule is CC(C)NC(C)(CC(C)Sc1ncccc1Br)C(N)=O. The van der Waals surface area contributed by atoms with Crippen molar-refractivity contribution >= 4 is 33.6 Å². The van der Waals surface area contributed by atoms with E-state index in [2.05, 4.69) is 33.2 Å². The van der Waals surface area contributed by atoms with Crippen molar-refractivity contribution in [3.05, 3.63) is 22.8 Å². The maximum absolute atomic E-state index is 11.7. The highest BCUT2D eigenvalue weighted by atomic mass is 79.9. The van der Waals surface area contributed by atoms with Crippen molar-refractivity contribution in [2.24, 2.45) is 5.73 Å². The highest BCUT2D eigenvalue weighted by Crippen LogP contribution is 2.32. The third-order valence-electron chi connectivity index (χ3n) is 2.88. The number of amides is 1. The number of aromatic nitrogens is 1. The lowest BCUT2D eigenvalue weighted by Crippen LogP contribution is -2.56. The summed E-state index contributed by atoms with van der Waals surface area (Å²) in [6.45, 7) is 7.96. The molecule has 0 aliphatic rings. The molecule has 4 nitrogen and oxygen atoms in total. The zero-order valence-corrected chi connectivity index (χ0v) is 14.7. The van der Waals surface area contributed by atoms with Crippen molar-refractivity contribution in [3.63, 3.8) is 0 Å². The number of pyridine rings is 1. The zero-order valence-electron chi connectivity index (χ0n) is 12.3. The topological polar surface area (TPSA) is 68.0 Å². The first-order chi connectivity index (χ1) is 9.24. The monoisotopic (exact) mass is 359 g/mol.